The van der Waals surface area contributed by atoms with Gasteiger partial charge in [0.25, 0.3) is 0 Å². The number of hydrogen-bond donors (Lipinski definition) is 2. The van der Waals surface area contributed by atoms with Crippen molar-refractivity contribution in [2.45, 2.75) is 13.0 Å². The number of halogens is 1. The molecule has 0 aliphatic rings. The molecule has 0 amide bonds. The third-order valence-electron chi connectivity index (χ3n) is 2.56. The summed E-state index contributed by atoms with van der Waals surface area (Å²) >= 11 is 9.23. The highest BCUT2D eigenvalue weighted by atomic mass is 35.5. The Labute approximate surface area is 126 Å². The fourth-order valence-electron chi connectivity index (χ4n) is 1.59. The van der Waals surface area contributed by atoms with Gasteiger partial charge >= 0.3 is 0 Å². The lowest BCUT2D eigenvalue weighted by Crippen LogP contribution is -2.37. The van der Waals surface area contributed by atoms with Crippen LogP contribution in [0.5, 0.6) is 0 Å². The third-order valence-corrected chi connectivity index (χ3v) is 4.58. The minimum Gasteiger partial charge on any atom is -0.356 e. The second kappa shape index (κ2) is 7.53. The van der Waals surface area contributed by atoms with Gasteiger partial charge in [-0.15, -0.1) is 11.3 Å². The monoisotopic (exact) mass is 313 g/mol. The fraction of sp³-hybridized carbons (Fsp3) is 0.308. The van der Waals surface area contributed by atoms with Gasteiger partial charge in [-0.05, 0) is 40.9 Å². The summed E-state index contributed by atoms with van der Waals surface area (Å²) in [5.74, 6) is 0.828. The van der Waals surface area contributed by atoms with Crippen molar-refractivity contribution in [1.82, 2.24) is 10.6 Å². The maximum absolute atomic E-state index is 5.90. The van der Waals surface area contributed by atoms with Gasteiger partial charge in [0.15, 0.2) is 5.96 Å². The van der Waals surface area contributed by atoms with Crippen molar-refractivity contribution >= 4 is 40.2 Å². The molecule has 0 atom stereocenters. The minimum atomic E-state index is 0.800. The Morgan fingerprint density at radius 3 is 2.84 bits per heavy atom. The highest BCUT2D eigenvalue weighted by Crippen LogP contribution is 2.21. The number of nitrogens with one attached hydrogen (secondary N) is 2. The van der Waals surface area contributed by atoms with Crippen molar-refractivity contribution in [2.24, 2.45) is 4.99 Å². The predicted molar refractivity (Wildman–Crippen MR) is 85.6 cm³/mol. The first-order chi connectivity index (χ1) is 9.28. The highest BCUT2D eigenvalue weighted by Gasteiger charge is 2.00. The number of aliphatic imine (C=N–C) groups is 1. The van der Waals surface area contributed by atoms with E-state index in [-0.39, 0.29) is 0 Å². The maximum Gasteiger partial charge on any atom is 0.191 e. The van der Waals surface area contributed by atoms with Gasteiger partial charge in [-0.2, -0.15) is 11.3 Å². The van der Waals surface area contributed by atoms with Crippen LogP contribution in [0.4, 0.5) is 0 Å². The molecule has 0 saturated heterocycles. The lowest BCUT2D eigenvalue weighted by molar-refractivity contribution is 0.800. The van der Waals surface area contributed by atoms with Crippen LogP contribution < -0.4 is 10.6 Å². The molecule has 19 heavy (non-hydrogen) atoms. The van der Waals surface area contributed by atoms with Crippen molar-refractivity contribution in [1.29, 1.82) is 0 Å². The van der Waals surface area contributed by atoms with Crippen molar-refractivity contribution < 1.29 is 0 Å². The summed E-state index contributed by atoms with van der Waals surface area (Å²) in [5, 5.41) is 10.8. The van der Waals surface area contributed by atoms with E-state index in [1.165, 1.54) is 10.4 Å². The summed E-state index contributed by atoms with van der Waals surface area (Å²) in [4.78, 5) is 5.48. The molecule has 0 aliphatic heterocycles. The highest BCUT2D eigenvalue weighted by molar-refractivity contribution is 7.16. The zero-order chi connectivity index (χ0) is 13.5. The van der Waals surface area contributed by atoms with E-state index in [1.54, 1.807) is 29.7 Å². The molecule has 0 fully saturated rings. The van der Waals surface area contributed by atoms with E-state index < -0.39 is 0 Å². The number of nitrogens with zero attached hydrogens (tertiary/aromatic N) is 1. The first kappa shape index (κ1) is 14.4. The quantitative estimate of drug-likeness (QED) is 0.656. The molecule has 2 aromatic heterocycles. The van der Waals surface area contributed by atoms with E-state index >= 15 is 0 Å². The van der Waals surface area contributed by atoms with Gasteiger partial charge in [0.05, 0.1) is 4.34 Å². The van der Waals surface area contributed by atoms with Gasteiger partial charge in [-0.25, -0.2) is 0 Å². The summed E-state index contributed by atoms with van der Waals surface area (Å²) in [6.07, 6.45) is 0.955. The van der Waals surface area contributed by atoms with Crippen LogP contribution in [0.1, 0.15) is 10.4 Å². The van der Waals surface area contributed by atoms with E-state index in [1.807, 2.05) is 6.07 Å². The Morgan fingerprint density at radius 1 is 1.32 bits per heavy atom. The van der Waals surface area contributed by atoms with Gasteiger partial charge in [-0.3, -0.25) is 4.99 Å². The summed E-state index contributed by atoms with van der Waals surface area (Å²) in [6.45, 7) is 1.65. The summed E-state index contributed by atoms with van der Waals surface area (Å²) in [7, 11) is 1.78. The molecular weight excluding hydrogens is 298 g/mol. The van der Waals surface area contributed by atoms with Crippen LogP contribution in [-0.2, 0) is 13.0 Å². The molecule has 0 saturated carbocycles. The number of rotatable bonds is 5. The SMILES string of the molecule is CN=C(NCCc1ccc(Cl)s1)NCc1ccsc1. The van der Waals surface area contributed by atoms with Crippen LogP contribution in [0.25, 0.3) is 0 Å². The number of thiophene rings is 2. The molecule has 2 N–H and O–H groups in total. The third kappa shape index (κ3) is 4.86. The van der Waals surface area contributed by atoms with E-state index in [0.29, 0.717) is 0 Å². The van der Waals surface area contributed by atoms with Gasteiger partial charge in [0.1, 0.15) is 0 Å². The second-order valence-corrected chi connectivity index (χ2v) is 6.52. The molecule has 2 heterocycles. The van der Waals surface area contributed by atoms with E-state index in [2.05, 4.69) is 38.5 Å². The van der Waals surface area contributed by atoms with Crippen molar-refractivity contribution in [3.8, 4) is 0 Å². The molecule has 2 rings (SSSR count). The normalized spacial score (nSPS) is 11.6. The van der Waals surface area contributed by atoms with Gasteiger partial charge in [0.2, 0.25) is 0 Å². The Balaban J connectivity index is 1.71. The first-order valence-electron chi connectivity index (χ1n) is 5.98. The predicted octanol–water partition coefficient (Wildman–Crippen LogP) is 3.37. The molecule has 0 unspecified atom stereocenters. The lowest BCUT2D eigenvalue weighted by Gasteiger charge is -2.10. The van der Waals surface area contributed by atoms with Crippen LogP contribution in [-0.4, -0.2) is 19.6 Å². The van der Waals surface area contributed by atoms with Crippen molar-refractivity contribution in [2.75, 3.05) is 13.6 Å². The van der Waals surface area contributed by atoms with Gasteiger partial charge < -0.3 is 10.6 Å². The number of guanidine groups is 1. The van der Waals surface area contributed by atoms with Crippen molar-refractivity contribution in [3.05, 3.63) is 43.7 Å². The molecule has 102 valence electrons. The number of hydrogen-bond acceptors (Lipinski definition) is 3. The van der Waals surface area contributed by atoms with Crippen molar-refractivity contribution in [3.63, 3.8) is 0 Å². The second-order valence-electron chi connectivity index (χ2n) is 3.94. The standard InChI is InChI=1S/C13H16ClN3S2/c1-15-13(17-8-10-5-7-18-9-10)16-6-4-11-2-3-12(14)19-11/h2-3,5,7,9H,4,6,8H2,1H3,(H2,15,16,17). The summed E-state index contributed by atoms with van der Waals surface area (Å²) in [5.41, 5.74) is 1.28. The molecule has 0 aliphatic carbocycles. The van der Waals surface area contributed by atoms with Crippen LogP contribution in [0.3, 0.4) is 0 Å². The van der Waals surface area contributed by atoms with E-state index in [0.717, 1.165) is 29.8 Å². The van der Waals surface area contributed by atoms with E-state index in [9.17, 15) is 0 Å². The molecule has 2 aromatic rings. The molecule has 0 bridgehead atoms. The first-order valence-corrected chi connectivity index (χ1v) is 8.11. The minimum absolute atomic E-state index is 0.800. The Kier molecular flexibility index (Phi) is 5.69. The average molecular weight is 314 g/mol. The van der Waals surface area contributed by atoms with Gasteiger partial charge in [-0.1, -0.05) is 11.6 Å². The zero-order valence-electron chi connectivity index (χ0n) is 10.6. The van der Waals surface area contributed by atoms with Crippen LogP contribution in [0, 0.1) is 0 Å². The topological polar surface area (TPSA) is 36.4 Å². The average Bonchev–Trinajstić information content (AvgIpc) is 3.05. The smallest absolute Gasteiger partial charge is 0.191 e. The maximum atomic E-state index is 5.90. The lowest BCUT2D eigenvalue weighted by atomic mass is 10.3. The molecule has 6 heteroatoms. The summed E-state index contributed by atoms with van der Waals surface area (Å²) in [6, 6.07) is 6.11. The molecule has 3 nitrogen and oxygen atoms in total. The van der Waals surface area contributed by atoms with Crippen LogP contribution in [0.2, 0.25) is 4.34 Å². The fourth-order valence-corrected chi connectivity index (χ4v) is 3.35. The Bertz CT molecular complexity index is 520. The van der Waals surface area contributed by atoms with Crippen LogP contribution in [0.15, 0.2) is 34.0 Å². The molecule has 0 radical (unpaired) electrons. The Hall–Kier alpha value is -1.04. The van der Waals surface area contributed by atoms with Crippen LogP contribution >= 0.6 is 34.3 Å². The largest absolute Gasteiger partial charge is 0.356 e. The zero-order valence-corrected chi connectivity index (χ0v) is 13.0. The van der Waals surface area contributed by atoms with E-state index in [4.69, 9.17) is 11.6 Å². The molecule has 0 aromatic carbocycles. The molecule has 0 spiro atoms. The van der Waals surface area contributed by atoms with Gasteiger partial charge in [0, 0.05) is 25.0 Å². The molecular formula is C13H16ClN3S2. The summed E-state index contributed by atoms with van der Waals surface area (Å²) < 4.78 is 0.843. The Morgan fingerprint density at radius 2 is 2.21 bits per heavy atom.